The van der Waals surface area contributed by atoms with Crippen molar-refractivity contribution in [1.82, 2.24) is 9.80 Å². The summed E-state index contributed by atoms with van der Waals surface area (Å²) in [5.74, 6) is -2.68. The molecular weight excluding hydrogens is 416 g/mol. The van der Waals surface area contributed by atoms with E-state index in [0.29, 0.717) is 16.2 Å². The summed E-state index contributed by atoms with van der Waals surface area (Å²) in [6.45, 7) is -1.01. The van der Waals surface area contributed by atoms with Gasteiger partial charge in [0.15, 0.2) is 0 Å². The zero-order chi connectivity index (χ0) is 22.9. The summed E-state index contributed by atoms with van der Waals surface area (Å²) < 4.78 is 10.6. The molecule has 1 atom stereocenters. The van der Waals surface area contributed by atoms with Gasteiger partial charge in [-0.15, -0.1) is 0 Å². The van der Waals surface area contributed by atoms with Crippen LogP contribution in [0.1, 0.15) is 17.5 Å². The van der Waals surface area contributed by atoms with Gasteiger partial charge in [0, 0.05) is 6.42 Å². The van der Waals surface area contributed by atoms with Gasteiger partial charge in [0.2, 0.25) is 12.0 Å². The van der Waals surface area contributed by atoms with E-state index in [-0.39, 0.29) is 26.2 Å². The molecule has 2 aromatic rings. The molecule has 168 valence electrons. The lowest BCUT2D eigenvalue weighted by Gasteiger charge is -2.35. The van der Waals surface area contributed by atoms with Gasteiger partial charge >= 0.3 is 6.03 Å². The molecule has 1 unspecified atom stereocenters. The van der Waals surface area contributed by atoms with Crippen LogP contribution in [0.15, 0.2) is 60.7 Å². The fourth-order valence-corrected chi connectivity index (χ4v) is 3.15. The van der Waals surface area contributed by atoms with Crippen molar-refractivity contribution in [2.75, 3.05) is 19.9 Å². The number of aryl methyl sites for hydroxylation is 1. The fraction of sp³-hybridized carbons (Fsp3) is 0.304. The summed E-state index contributed by atoms with van der Waals surface area (Å²) in [6.07, 6.45) is -1.44. The van der Waals surface area contributed by atoms with Gasteiger partial charge in [0.05, 0.1) is 19.8 Å². The van der Waals surface area contributed by atoms with Crippen LogP contribution >= 0.6 is 0 Å². The summed E-state index contributed by atoms with van der Waals surface area (Å²) in [5, 5.41) is 8.89. The highest BCUT2D eigenvalue weighted by molar-refractivity contribution is 6.24. The van der Waals surface area contributed by atoms with E-state index in [0.717, 1.165) is 11.1 Å². The molecule has 5 amide bonds. The number of barbiturate groups is 1. The summed E-state index contributed by atoms with van der Waals surface area (Å²) in [6, 6.07) is 16.9. The second-order valence-corrected chi connectivity index (χ2v) is 7.04. The topological polar surface area (TPSA) is 113 Å². The largest absolute Gasteiger partial charge is 0.394 e. The average Bonchev–Trinajstić information content (AvgIpc) is 2.81. The molecule has 32 heavy (non-hydrogen) atoms. The Bertz CT molecular complexity index is 949. The standard InChI is InChI=1S/C23H24N2O7/c26-13-14-31-16-24-21(28)20(32-15-18-9-5-2-6-10-18)22(29)25(23(24)30)19(27)12-11-17-7-3-1-4-8-17/h1-10,20,26H,11-16H2. The van der Waals surface area contributed by atoms with Gasteiger partial charge < -0.3 is 14.6 Å². The minimum absolute atomic E-state index is 0.0610. The van der Waals surface area contributed by atoms with Crippen molar-refractivity contribution in [3.63, 3.8) is 0 Å². The fourth-order valence-electron chi connectivity index (χ4n) is 3.15. The van der Waals surface area contributed by atoms with E-state index in [1.54, 1.807) is 24.3 Å². The number of ether oxygens (including phenoxy) is 2. The first-order valence-corrected chi connectivity index (χ1v) is 10.1. The van der Waals surface area contributed by atoms with Gasteiger partial charge in [-0.05, 0) is 17.5 Å². The van der Waals surface area contributed by atoms with Crippen LogP contribution in [0.5, 0.6) is 0 Å². The molecule has 3 rings (SSSR count). The molecule has 0 aliphatic carbocycles. The predicted molar refractivity (Wildman–Crippen MR) is 112 cm³/mol. The first kappa shape index (κ1) is 23.3. The van der Waals surface area contributed by atoms with Gasteiger partial charge in [-0.2, -0.15) is 4.90 Å². The summed E-state index contributed by atoms with van der Waals surface area (Å²) >= 11 is 0. The van der Waals surface area contributed by atoms with Crippen LogP contribution in [0.3, 0.4) is 0 Å². The molecule has 1 saturated heterocycles. The van der Waals surface area contributed by atoms with Crippen LogP contribution in [0.25, 0.3) is 0 Å². The molecule has 2 aromatic carbocycles. The first-order valence-electron chi connectivity index (χ1n) is 10.1. The Balaban J connectivity index is 1.76. The van der Waals surface area contributed by atoms with E-state index in [4.69, 9.17) is 14.6 Å². The van der Waals surface area contributed by atoms with Crippen LogP contribution in [0.2, 0.25) is 0 Å². The lowest BCUT2D eigenvalue weighted by atomic mass is 10.1. The van der Waals surface area contributed by atoms with Crippen molar-refractivity contribution < 1.29 is 33.8 Å². The third-order valence-corrected chi connectivity index (χ3v) is 4.79. The van der Waals surface area contributed by atoms with E-state index >= 15 is 0 Å². The summed E-state index contributed by atoms with van der Waals surface area (Å²) in [4.78, 5) is 52.4. The Morgan fingerprint density at radius 2 is 1.53 bits per heavy atom. The average molecular weight is 440 g/mol. The Morgan fingerprint density at radius 3 is 2.16 bits per heavy atom. The van der Waals surface area contributed by atoms with Crippen molar-refractivity contribution in [2.45, 2.75) is 25.6 Å². The Kier molecular flexibility index (Phi) is 8.20. The van der Waals surface area contributed by atoms with E-state index in [2.05, 4.69) is 0 Å². The van der Waals surface area contributed by atoms with Crippen LogP contribution in [-0.4, -0.2) is 64.7 Å². The van der Waals surface area contributed by atoms with Crippen LogP contribution < -0.4 is 0 Å². The lowest BCUT2D eigenvalue weighted by Crippen LogP contribution is -2.64. The molecular formula is C23H24N2O7. The number of hydrogen-bond donors (Lipinski definition) is 1. The van der Waals surface area contributed by atoms with Gasteiger partial charge in [-0.1, -0.05) is 60.7 Å². The number of benzene rings is 2. The SMILES string of the molecule is O=C1C(OCc2ccccc2)C(=O)N(C(=O)CCc2ccccc2)C(=O)N1COCCO. The number of aliphatic hydroxyl groups excluding tert-OH is 1. The van der Waals surface area contributed by atoms with Crippen molar-refractivity contribution in [3.05, 3.63) is 71.8 Å². The molecule has 1 aliphatic heterocycles. The second-order valence-electron chi connectivity index (χ2n) is 7.04. The van der Waals surface area contributed by atoms with Gasteiger partial charge in [-0.3, -0.25) is 14.4 Å². The van der Waals surface area contributed by atoms with Gasteiger partial charge in [-0.25, -0.2) is 9.69 Å². The maximum absolute atomic E-state index is 12.9. The number of carbonyl (C=O) groups excluding carboxylic acids is 4. The van der Waals surface area contributed by atoms with E-state index in [1.807, 2.05) is 36.4 Å². The zero-order valence-corrected chi connectivity index (χ0v) is 17.4. The summed E-state index contributed by atoms with van der Waals surface area (Å²) in [5.41, 5.74) is 1.59. The quantitative estimate of drug-likeness (QED) is 0.440. The highest BCUT2D eigenvalue weighted by atomic mass is 16.5. The number of hydrogen-bond acceptors (Lipinski definition) is 7. The molecule has 0 radical (unpaired) electrons. The van der Waals surface area contributed by atoms with Gasteiger partial charge in [0.1, 0.15) is 6.73 Å². The highest BCUT2D eigenvalue weighted by Gasteiger charge is 2.49. The normalized spacial score (nSPS) is 16.5. The lowest BCUT2D eigenvalue weighted by molar-refractivity contribution is -0.167. The molecule has 0 bridgehead atoms. The number of aliphatic hydroxyl groups is 1. The van der Waals surface area contributed by atoms with Crippen molar-refractivity contribution in [3.8, 4) is 0 Å². The minimum atomic E-state index is -1.66. The van der Waals surface area contributed by atoms with Gasteiger partial charge in [0.25, 0.3) is 11.8 Å². The third kappa shape index (κ3) is 5.64. The monoisotopic (exact) mass is 440 g/mol. The van der Waals surface area contributed by atoms with Crippen molar-refractivity contribution >= 4 is 23.8 Å². The van der Waals surface area contributed by atoms with E-state index in [9.17, 15) is 19.2 Å². The number of carbonyl (C=O) groups is 4. The Hall–Kier alpha value is -3.40. The zero-order valence-electron chi connectivity index (χ0n) is 17.4. The molecule has 1 fully saturated rings. The number of urea groups is 1. The molecule has 0 aromatic heterocycles. The smallest absolute Gasteiger partial charge is 0.342 e. The predicted octanol–water partition coefficient (Wildman–Crippen LogP) is 1.49. The first-order chi connectivity index (χ1) is 15.5. The molecule has 0 saturated carbocycles. The summed E-state index contributed by atoms with van der Waals surface area (Å²) in [7, 11) is 0. The van der Waals surface area contributed by atoms with E-state index in [1.165, 1.54) is 0 Å². The Labute approximate surface area is 185 Å². The molecule has 9 heteroatoms. The molecule has 9 nitrogen and oxygen atoms in total. The number of rotatable bonds is 10. The van der Waals surface area contributed by atoms with Crippen LogP contribution in [0, 0.1) is 0 Å². The van der Waals surface area contributed by atoms with Crippen LogP contribution in [-0.2, 0) is 36.9 Å². The second kappa shape index (κ2) is 11.3. The van der Waals surface area contributed by atoms with Crippen molar-refractivity contribution in [2.24, 2.45) is 0 Å². The Morgan fingerprint density at radius 1 is 0.906 bits per heavy atom. The van der Waals surface area contributed by atoms with Crippen LogP contribution in [0.4, 0.5) is 4.79 Å². The van der Waals surface area contributed by atoms with E-state index < -0.39 is 36.6 Å². The number of imide groups is 4. The molecule has 0 spiro atoms. The number of amides is 5. The maximum Gasteiger partial charge on any atom is 0.342 e. The molecule has 1 N–H and O–H groups in total. The maximum atomic E-state index is 12.9. The minimum Gasteiger partial charge on any atom is -0.394 e. The molecule has 1 aliphatic rings. The highest BCUT2D eigenvalue weighted by Crippen LogP contribution is 2.19. The third-order valence-electron chi connectivity index (χ3n) is 4.79. The number of nitrogens with zero attached hydrogens (tertiary/aromatic N) is 2. The van der Waals surface area contributed by atoms with Crippen molar-refractivity contribution in [1.29, 1.82) is 0 Å². The molecule has 1 heterocycles.